The Bertz CT molecular complexity index is 690. The summed E-state index contributed by atoms with van der Waals surface area (Å²) in [7, 11) is 0. The molecule has 6 nitrogen and oxygen atoms in total. The maximum absolute atomic E-state index is 11.4. The second-order valence-corrected chi connectivity index (χ2v) is 4.79. The number of aliphatic carboxylic acids is 1. The smallest absolute Gasteiger partial charge is 0.312 e. The van der Waals surface area contributed by atoms with Crippen molar-refractivity contribution in [2.45, 2.75) is 12.3 Å². The van der Waals surface area contributed by atoms with Gasteiger partial charge in [-0.1, -0.05) is 29.8 Å². The summed E-state index contributed by atoms with van der Waals surface area (Å²) in [6.07, 6.45) is 1.35. The van der Waals surface area contributed by atoms with Crippen LogP contribution in [0.25, 0.3) is 0 Å². The fourth-order valence-electron chi connectivity index (χ4n) is 1.94. The molecule has 7 heteroatoms. The molecule has 2 rings (SSSR count). The van der Waals surface area contributed by atoms with Crippen LogP contribution in [0.4, 0.5) is 5.69 Å². The van der Waals surface area contributed by atoms with E-state index in [1.165, 1.54) is 18.3 Å². The minimum Gasteiger partial charge on any atom is -0.481 e. The Labute approximate surface area is 125 Å². The summed E-state index contributed by atoms with van der Waals surface area (Å²) in [5.41, 5.74) is 0.599. The number of halogens is 1. The Morgan fingerprint density at radius 3 is 2.71 bits per heavy atom. The summed E-state index contributed by atoms with van der Waals surface area (Å²) in [5, 5.41) is 20.6. The predicted octanol–water partition coefficient (Wildman–Crippen LogP) is 3.05. The summed E-state index contributed by atoms with van der Waals surface area (Å²) in [6.45, 7) is 0. The third-order valence-corrected chi connectivity index (χ3v) is 3.38. The van der Waals surface area contributed by atoms with Crippen molar-refractivity contribution in [2.75, 3.05) is 0 Å². The summed E-state index contributed by atoms with van der Waals surface area (Å²) in [5.74, 6) is -2.10. The van der Waals surface area contributed by atoms with Crippen molar-refractivity contribution < 1.29 is 14.8 Å². The number of carboxylic acids is 1. The molecule has 1 aromatic carbocycles. The zero-order valence-corrected chi connectivity index (χ0v) is 11.5. The minimum absolute atomic E-state index is 0.114. The molecule has 2 aromatic rings. The van der Waals surface area contributed by atoms with E-state index in [1.807, 2.05) is 0 Å². The van der Waals surface area contributed by atoms with Crippen molar-refractivity contribution in [1.82, 2.24) is 4.98 Å². The van der Waals surface area contributed by atoms with Crippen LogP contribution in [0.15, 0.2) is 42.6 Å². The first-order chi connectivity index (χ1) is 9.99. The molecule has 1 aromatic heterocycles. The van der Waals surface area contributed by atoms with Gasteiger partial charge in [-0.3, -0.25) is 19.9 Å². The Balaban J connectivity index is 2.36. The highest BCUT2D eigenvalue weighted by Gasteiger charge is 2.24. The highest BCUT2D eigenvalue weighted by molar-refractivity contribution is 6.31. The van der Waals surface area contributed by atoms with E-state index in [1.54, 1.807) is 24.3 Å². The van der Waals surface area contributed by atoms with E-state index in [0.717, 1.165) is 0 Å². The number of hydrogen-bond acceptors (Lipinski definition) is 4. The Morgan fingerprint density at radius 1 is 1.38 bits per heavy atom. The third kappa shape index (κ3) is 3.55. The molecule has 1 heterocycles. The summed E-state index contributed by atoms with van der Waals surface area (Å²) >= 11 is 6.02. The molecule has 0 aliphatic carbocycles. The zero-order valence-electron chi connectivity index (χ0n) is 10.8. The van der Waals surface area contributed by atoms with Gasteiger partial charge in [0.25, 0.3) is 5.69 Å². The van der Waals surface area contributed by atoms with Crippen LogP contribution in [-0.4, -0.2) is 21.0 Å². The average molecular weight is 307 g/mol. The predicted molar refractivity (Wildman–Crippen MR) is 76.4 cm³/mol. The lowest BCUT2D eigenvalue weighted by Crippen LogP contribution is -2.16. The van der Waals surface area contributed by atoms with Crippen LogP contribution in [0.2, 0.25) is 5.02 Å². The van der Waals surface area contributed by atoms with Crippen molar-refractivity contribution in [2.24, 2.45) is 0 Å². The van der Waals surface area contributed by atoms with Gasteiger partial charge < -0.3 is 5.11 Å². The largest absolute Gasteiger partial charge is 0.481 e. The third-order valence-electron chi connectivity index (χ3n) is 3.01. The molecule has 0 amide bonds. The van der Waals surface area contributed by atoms with E-state index < -0.39 is 16.8 Å². The molecule has 0 aliphatic heterocycles. The maximum atomic E-state index is 11.4. The zero-order chi connectivity index (χ0) is 15.4. The fraction of sp³-hybridized carbons (Fsp3) is 0.143. The van der Waals surface area contributed by atoms with Gasteiger partial charge in [0.1, 0.15) is 5.92 Å². The van der Waals surface area contributed by atoms with Crippen LogP contribution in [0.5, 0.6) is 0 Å². The SMILES string of the molecule is O=C(O)C(Cc1ccccc1Cl)c1cc([N+](=O)[O-])ccn1. The molecule has 0 aliphatic rings. The van der Waals surface area contributed by atoms with Gasteiger partial charge in [0.15, 0.2) is 0 Å². The first-order valence-electron chi connectivity index (χ1n) is 6.05. The van der Waals surface area contributed by atoms with Crippen LogP contribution in [0, 0.1) is 10.1 Å². The fourth-order valence-corrected chi connectivity index (χ4v) is 2.16. The second kappa shape index (κ2) is 6.32. The molecule has 21 heavy (non-hydrogen) atoms. The minimum atomic E-state index is -1.11. The average Bonchev–Trinajstić information content (AvgIpc) is 2.46. The monoisotopic (exact) mass is 306 g/mol. The number of benzene rings is 1. The van der Waals surface area contributed by atoms with Gasteiger partial charge in [0, 0.05) is 23.4 Å². The number of carbonyl (C=O) groups is 1. The first kappa shape index (κ1) is 14.9. The van der Waals surface area contributed by atoms with Crippen LogP contribution < -0.4 is 0 Å². The van der Waals surface area contributed by atoms with Crippen molar-refractivity contribution in [3.63, 3.8) is 0 Å². The lowest BCUT2D eigenvalue weighted by atomic mass is 9.95. The summed E-state index contributed by atoms with van der Waals surface area (Å²) < 4.78 is 0. The molecule has 1 unspecified atom stereocenters. The lowest BCUT2D eigenvalue weighted by Gasteiger charge is -2.12. The summed E-state index contributed by atoms with van der Waals surface area (Å²) in [4.78, 5) is 25.6. The molecule has 0 radical (unpaired) electrons. The molecule has 1 N–H and O–H groups in total. The molecule has 108 valence electrons. The van der Waals surface area contributed by atoms with E-state index in [2.05, 4.69) is 4.98 Å². The standard InChI is InChI=1S/C14H11ClN2O4/c15-12-4-2-1-3-9(12)7-11(14(18)19)13-8-10(17(20)21)5-6-16-13/h1-6,8,11H,7H2,(H,18,19). The number of nitrogens with zero attached hydrogens (tertiary/aromatic N) is 2. The molecule has 0 saturated carbocycles. The quantitative estimate of drug-likeness (QED) is 0.677. The van der Waals surface area contributed by atoms with Gasteiger partial charge in [-0.15, -0.1) is 0 Å². The number of rotatable bonds is 5. The number of nitro groups is 1. The molecule has 0 bridgehead atoms. The topological polar surface area (TPSA) is 93.3 Å². The van der Waals surface area contributed by atoms with E-state index >= 15 is 0 Å². The van der Waals surface area contributed by atoms with Gasteiger partial charge in [-0.05, 0) is 18.1 Å². The number of pyridine rings is 1. The highest BCUT2D eigenvalue weighted by atomic mass is 35.5. The number of hydrogen-bond donors (Lipinski definition) is 1. The molecule has 1 atom stereocenters. The summed E-state index contributed by atoms with van der Waals surface area (Å²) in [6, 6.07) is 9.27. The van der Waals surface area contributed by atoms with Crippen LogP contribution in [0.1, 0.15) is 17.2 Å². The first-order valence-corrected chi connectivity index (χ1v) is 6.43. The van der Waals surface area contributed by atoms with Gasteiger partial charge >= 0.3 is 5.97 Å². The van der Waals surface area contributed by atoms with Crippen molar-refractivity contribution >= 4 is 23.3 Å². The highest BCUT2D eigenvalue weighted by Crippen LogP contribution is 2.26. The molecule has 0 saturated heterocycles. The molecular weight excluding hydrogens is 296 g/mol. The number of aromatic nitrogens is 1. The van der Waals surface area contributed by atoms with E-state index in [-0.39, 0.29) is 17.8 Å². The van der Waals surface area contributed by atoms with Gasteiger partial charge in [-0.25, -0.2) is 0 Å². The van der Waals surface area contributed by atoms with Gasteiger partial charge in [0.2, 0.25) is 0 Å². The second-order valence-electron chi connectivity index (χ2n) is 4.38. The van der Waals surface area contributed by atoms with Crippen LogP contribution >= 0.6 is 11.6 Å². The van der Waals surface area contributed by atoms with Crippen LogP contribution in [0.3, 0.4) is 0 Å². The normalized spacial score (nSPS) is 11.9. The van der Waals surface area contributed by atoms with Crippen molar-refractivity contribution in [1.29, 1.82) is 0 Å². The molecule has 0 spiro atoms. The Kier molecular flexibility index (Phi) is 4.49. The number of carboxylic acid groups (broad SMARTS) is 1. The van der Waals surface area contributed by atoms with Crippen molar-refractivity contribution in [3.05, 3.63) is 69.0 Å². The van der Waals surface area contributed by atoms with E-state index in [9.17, 15) is 20.0 Å². The Hall–Kier alpha value is -2.47. The van der Waals surface area contributed by atoms with E-state index in [0.29, 0.717) is 10.6 Å². The molecular formula is C14H11ClN2O4. The van der Waals surface area contributed by atoms with Crippen LogP contribution in [-0.2, 0) is 11.2 Å². The van der Waals surface area contributed by atoms with Gasteiger partial charge in [-0.2, -0.15) is 0 Å². The lowest BCUT2D eigenvalue weighted by molar-refractivity contribution is -0.385. The van der Waals surface area contributed by atoms with E-state index in [4.69, 9.17) is 11.6 Å². The molecule has 0 fully saturated rings. The van der Waals surface area contributed by atoms with Gasteiger partial charge in [0.05, 0.1) is 10.6 Å². The maximum Gasteiger partial charge on any atom is 0.312 e. The van der Waals surface area contributed by atoms with Crippen molar-refractivity contribution in [3.8, 4) is 0 Å². The Morgan fingerprint density at radius 2 is 2.10 bits per heavy atom.